The molecule has 11 nitrogen and oxygen atoms in total. The number of aliphatic hydroxyl groups excluding tert-OH is 1. The number of hydrogen-bond donors (Lipinski definition) is 2. The molecule has 1 aliphatic heterocycles. The Bertz CT molecular complexity index is 2170. The van der Waals surface area contributed by atoms with E-state index in [1.807, 2.05) is 66.7 Å². The zero-order valence-corrected chi connectivity index (χ0v) is 32.9. The Labute approximate surface area is 322 Å². The molecule has 1 fully saturated rings. The largest absolute Gasteiger partial charge is 0.497 e. The summed E-state index contributed by atoms with van der Waals surface area (Å²) in [4.78, 5) is 26.5. The maximum atomic E-state index is 13.1. The first-order valence-electron chi connectivity index (χ1n) is 18.4. The average molecular weight is 758 g/mol. The number of aliphatic hydroxyl groups is 1. The van der Waals surface area contributed by atoms with Crippen molar-refractivity contribution in [2.75, 3.05) is 19.0 Å². The highest BCUT2D eigenvalue weighted by Gasteiger charge is 2.52. The molecule has 7 rings (SSSR count). The molecule has 0 saturated carbocycles. The number of nitrogens with one attached hydrogen (secondary N) is 1. The molecule has 4 aromatic carbocycles. The lowest BCUT2D eigenvalue weighted by atomic mass is 9.80. The van der Waals surface area contributed by atoms with Gasteiger partial charge in [0.15, 0.2) is 31.5 Å². The number of aromatic nitrogens is 4. The van der Waals surface area contributed by atoms with Gasteiger partial charge in [0, 0.05) is 5.56 Å². The van der Waals surface area contributed by atoms with Gasteiger partial charge in [-0.15, -0.1) is 0 Å². The van der Waals surface area contributed by atoms with Crippen molar-refractivity contribution in [2.24, 2.45) is 0 Å². The van der Waals surface area contributed by atoms with Crippen molar-refractivity contribution in [1.29, 1.82) is 0 Å². The number of carbonyl (C=O) groups is 1. The van der Waals surface area contributed by atoms with Crippen LogP contribution < -0.4 is 10.1 Å². The van der Waals surface area contributed by atoms with Gasteiger partial charge in [-0.2, -0.15) is 0 Å². The van der Waals surface area contributed by atoms with Crippen LogP contribution in [-0.4, -0.2) is 70.9 Å². The minimum absolute atomic E-state index is 0.0582. The van der Waals surface area contributed by atoms with Crippen molar-refractivity contribution in [2.45, 2.75) is 69.0 Å². The van der Waals surface area contributed by atoms with E-state index in [0.29, 0.717) is 16.7 Å². The molecule has 6 aromatic rings. The monoisotopic (exact) mass is 757 g/mol. The Morgan fingerprint density at radius 1 is 0.836 bits per heavy atom. The first-order chi connectivity index (χ1) is 26.4. The third-order valence-electron chi connectivity index (χ3n) is 10.8. The Balaban J connectivity index is 1.27. The highest BCUT2D eigenvalue weighted by molar-refractivity contribution is 6.74. The van der Waals surface area contributed by atoms with Gasteiger partial charge in [-0.25, -0.2) is 15.0 Å². The number of methoxy groups -OCH3 is 1. The van der Waals surface area contributed by atoms with Crippen molar-refractivity contribution < 1.29 is 28.5 Å². The van der Waals surface area contributed by atoms with Crippen LogP contribution in [0, 0.1) is 0 Å². The fraction of sp³-hybridized carbons (Fsp3) is 0.302. The maximum Gasteiger partial charge on any atom is 0.256 e. The fourth-order valence-corrected chi connectivity index (χ4v) is 8.10. The molecule has 1 saturated heterocycles. The van der Waals surface area contributed by atoms with Gasteiger partial charge in [0.1, 0.15) is 36.0 Å². The van der Waals surface area contributed by atoms with E-state index in [9.17, 15) is 9.90 Å². The SMILES string of the molecule is COc1ccc(C(OC[C@@H]2O[C@H](n3cnc4c(NC(=O)c5ccccc5)ncnc43)[C@@H](O)[C@@H]2O[Si](C)(C)C(C)(C)C)(c2ccccc2)c2ccccc2)cc1. The number of amides is 1. The number of benzene rings is 4. The number of anilines is 1. The van der Waals surface area contributed by atoms with E-state index < -0.39 is 38.5 Å². The predicted molar refractivity (Wildman–Crippen MR) is 213 cm³/mol. The summed E-state index contributed by atoms with van der Waals surface area (Å²) in [5.41, 5.74) is 2.89. The zero-order chi connectivity index (χ0) is 38.8. The summed E-state index contributed by atoms with van der Waals surface area (Å²) < 4.78 is 28.3. The van der Waals surface area contributed by atoms with Crippen LogP contribution in [0.15, 0.2) is 128 Å². The highest BCUT2D eigenvalue weighted by Crippen LogP contribution is 2.45. The normalized spacial score (nSPS) is 19.0. The molecule has 2 N–H and O–H groups in total. The van der Waals surface area contributed by atoms with E-state index in [4.69, 9.17) is 18.6 Å². The third-order valence-corrected chi connectivity index (χ3v) is 15.2. The zero-order valence-electron chi connectivity index (χ0n) is 31.9. The van der Waals surface area contributed by atoms with Crippen LogP contribution in [0.3, 0.4) is 0 Å². The van der Waals surface area contributed by atoms with Crippen molar-refractivity contribution in [3.8, 4) is 5.75 Å². The summed E-state index contributed by atoms with van der Waals surface area (Å²) in [7, 11) is -0.821. The van der Waals surface area contributed by atoms with Crippen LogP contribution in [0.4, 0.5) is 5.82 Å². The predicted octanol–water partition coefficient (Wildman–Crippen LogP) is 7.74. The van der Waals surface area contributed by atoms with E-state index in [1.54, 1.807) is 42.3 Å². The Morgan fingerprint density at radius 3 is 2.00 bits per heavy atom. The van der Waals surface area contributed by atoms with Gasteiger partial charge in [0.2, 0.25) is 0 Å². The van der Waals surface area contributed by atoms with Crippen LogP contribution in [0.2, 0.25) is 18.1 Å². The van der Waals surface area contributed by atoms with E-state index in [2.05, 4.69) is 78.4 Å². The smallest absolute Gasteiger partial charge is 0.256 e. The summed E-state index contributed by atoms with van der Waals surface area (Å²) in [6, 6.07) is 36.9. The first kappa shape index (κ1) is 38.0. The third kappa shape index (κ3) is 7.43. The molecule has 0 aliphatic carbocycles. The van der Waals surface area contributed by atoms with Gasteiger partial charge in [0.25, 0.3) is 5.91 Å². The summed E-state index contributed by atoms with van der Waals surface area (Å²) in [6.45, 7) is 10.9. The highest BCUT2D eigenvalue weighted by atomic mass is 28.4. The second-order valence-corrected chi connectivity index (χ2v) is 20.0. The molecule has 55 heavy (non-hydrogen) atoms. The number of imidazole rings is 1. The number of fused-ring (bicyclic) bond motifs is 1. The second kappa shape index (κ2) is 15.5. The molecule has 284 valence electrons. The van der Waals surface area contributed by atoms with Crippen LogP contribution in [-0.2, 0) is 19.5 Å². The van der Waals surface area contributed by atoms with Gasteiger partial charge in [-0.3, -0.25) is 9.36 Å². The molecule has 0 spiro atoms. The molecule has 1 amide bonds. The van der Waals surface area contributed by atoms with E-state index >= 15 is 0 Å². The van der Waals surface area contributed by atoms with Crippen LogP contribution >= 0.6 is 0 Å². The molecule has 1 aliphatic rings. The maximum absolute atomic E-state index is 13.1. The van der Waals surface area contributed by atoms with Gasteiger partial charge < -0.3 is 29.1 Å². The van der Waals surface area contributed by atoms with Crippen LogP contribution in [0.1, 0.15) is 54.0 Å². The number of rotatable bonds is 12. The standard InChI is InChI=1S/C43H47N5O6Si/c1-42(2,3)55(5,6)54-37-34(26-52-43(30-18-12-8-13-19-30,31-20-14-9-15-21-31)32-22-24-33(51-4)25-23-32)53-41(36(37)49)48-28-46-35-38(44-27-45-39(35)48)47-40(50)29-16-10-7-11-17-29/h7-25,27-28,34,36-37,41,49H,26H2,1-6H3,(H,44,45,47,50)/t34-,36-,37+,41-/m0/s1. The minimum atomic E-state index is -2.47. The summed E-state index contributed by atoms with van der Waals surface area (Å²) >= 11 is 0. The van der Waals surface area contributed by atoms with Crippen LogP contribution in [0.25, 0.3) is 11.2 Å². The molecular formula is C43H47N5O6Si. The molecular weight excluding hydrogens is 711 g/mol. The second-order valence-electron chi connectivity index (χ2n) is 15.2. The molecule has 0 radical (unpaired) electrons. The lowest BCUT2D eigenvalue weighted by Crippen LogP contribution is -2.50. The Hall–Kier alpha value is -5.24. The fourth-order valence-electron chi connectivity index (χ4n) is 6.77. The van der Waals surface area contributed by atoms with E-state index in [0.717, 1.165) is 22.4 Å². The Morgan fingerprint density at radius 2 is 1.42 bits per heavy atom. The number of ether oxygens (including phenoxy) is 3. The van der Waals surface area contributed by atoms with Crippen molar-refractivity contribution in [3.05, 3.63) is 150 Å². The van der Waals surface area contributed by atoms with Crippen LogP contribution in [0.5, 0.6) is 5.75 Å². The molecule has 12 heteroatoms. The quantitative estimate of drug-likeness (QED) is 0.0951. The minimum Gasteiger partial charge on any atom is -0.497 e. The average Bonchev–Trinajstić information content (AvgIpc) is 3.76. The topological polar surface area (TPSA) is 130 Å². The van der Waals surface area contributed by atoms with Crippen molar-refractivity contribution in [3.63, 3.8) is 0 Å². The lowest BCUT2D eigenvalue weighted by molar-refractivity contribution is -0.0930. The number of nitrogens with zero attached hydrogens (tertiary/aromatic N) is 4. The first-order valence-corrected chi connectivity index (χ1v) is 21.3. The summed E-state index contributed by atoms with van der Waals surface area (Å²) in [5.74, 6) is 0.643. The van der Waals surface area contributed by atoms with Gasteiger partial charge in [-0.05, 0) is 59.1 Å². The molecule has 0 unspecified atom stereocenters. The van der Waals surface area contributed by atoms with Gasteiger partial charge in [-0.1, -0.05) is 112 Å². The van der Waals surface area contributed by atoms with Gasteiger partial charge in [0.05, 0.1) is 20.0 Å². The lowest BCUT2D eigenvalue weighted by Gasteiger charge is -2.41. The molecule has 3 heterocycles. The summed E-state index contributed by atoms with van der Waals surface area (Å²) in [5, 5.41) is 14.9. The summed E-state index contributed by atoms with van der Waals surface area (Å²) in [6.07, 6.45) is -0.632. The van der Waals surface area contributed by atoms with E-state index in [1.165, 1.54) is 6.33 Å². The number of carbonyl (C=O) groups excluding carboxylic acids is 1. The Kier molecular flexibility index (Phi) is 10.7. The van der Waals surface area contributed by atoms with Gasteiger partial charge >= 0.3 is 0 Å². The number of hydrogen-bond acceptors (Lipinski definition) is 9. The molecule has 2 aromatic heterocycles. The molecule has 4 atom stereocenters. The van der Waals surface area contributed by atoms with E-state index in [-0.39, 0.29) is 23.4 Å². The van der Waals surface area contributed by atoms with Crippen molar-refractivity contribution >= 4 is 31.2 Å². The van der Waals surface area contributed by atoms with Crippen molar-refractivity contribution in [1.82, 2.24) is 19.5 Å². The molecule has 0 bridgehead atoms.